The summed E-state index contributed by atoms with van der Waals surface area (Å²) >= 11 is 7.54. The van der Waals surface area contributed by atoms with Gasteiger partial charge in [-0.05, 0) is 56.5 Å². The summed E-state index contributed by atoms with van der Waals surface area (Å²) in [5.74, 6) is -1.42. The van der Waals surface area contributed by atoms with Crippen molar-refractivity contribution >= 4 is 50.7 Å². The Bertz CT molecular complexity index is 1150. The minimum absolute atomic E-state index is 0.275. The molecule has 0 radical (unpaired) electrons. The normalized spacial score (nSPS) is 11.9. The summed E-state index contributed by atoms with van der Waals surface area (Å²) in [6.45, 7) is 6.93. The average molecular weight is 444 g/mol. The third kappa shape index (κ3) is 4.55. The summed E-state index contributed by atoms with van der Waals surface area (Å²) in [5, 5.41) is 3.66. The predicted octanol–water partition coefficient (Wildman–Crippen LogP) is 5.02. The molecule has 0 aliphatic rings. The standard InChI is InChI=1S/C23H22ClNO4S/c1-12-9-14(3)17(10-13(12)2)21(27)15(4)29-19(26)11-25-23(28)22-20(24)16-7-5-6-8-18(16)30-22/h5-10,15H,11H2,1-4H3,(H,25,28). The van der Waals surface area contributed by atoms with Gasteiger partial charge in [0.1, 0.15) is 11.4 Å². The number of Topliss-reactive ketones (excluding diaryl/α,β-unsaturated/α-hetero) is 1. The van der Waals surface area contributed by atoms with E-state index in [0.717, 1.165) is 26.8 Å². The van der Waals surface area contributed by atoms with Crippen molar-refractivity contribution in [3.05, 3.63) is 68.6 Å². The second-order valence-electron chi connectivity index (χ2n) is 7.17. The van der Waals surface area contributed by atoms with E-state index in [1.54, 1.807) is 0 Å². The van der Waals surface area contributed by atoms with Gasteiger partial charge in [0.25, 0.3) is 5.91 Å². The van der Waals surface area contributed by atoms with Crippen molar-refractivity contribution in [2.45, 2.75) is 33.8 Å². The number of aryl methyl sites for hydroxylation is 3. The lowest BCUT2D eigenvalue weighted by molar-refractivity contribution is -0.145. The Morgan fingerprint density at radius 1 is 1.07 bits per heavy atom. The largest absolute Gasteiger partial charge is 0.453 e. The molecule has 3 rings (SSSR count). The Morgan fingerprint density at radius 2 is 1.73 bits per heavy atom. The Balaban J connectivity index is 1.61. The number of thiophene rings is 1. The minimum atomic E-state index is -0.955. The number of fused-ring (bicyclic) bond motifs is 1. The van der Waals surface area contributed by atoms with Gasteiger partial charge < -0.3 is 10.1 Å². The van der Waals surface area contributed by atoms with E-state index in [2.05, 4.69) is 5.32 Å². The van der Waals surface area contributed by atoms with Crippen molar-refractivity contribution in [2.24, 2.45) is 0 Å². The van der Waals surface area contributed by atoms with Crippen LogP contribution in [0.1, 0.15) is 43.6 Å². The number of amides is 1. The summed E-state index contributed by atoms with van der Waals surface area (Å²) in [4.78, 5) is 37.6. The van der Waals surface area contributed by atoms with Crippen molar-refractivity contribution < 1.29 is 19.1 Å². The van der Waals surface area contributed by atoms with E-state index < -0.39 is 18.0 Å². The zero-order chi connectivity index (χ0) is 22.0. The van der Waals surface area contributed by atoms with Crippen molar-refractivity contribution in [2.75, 3.05) is 6.54 Å². The van der Waals surface area contributed by atoms with Crippen LogP contribution in [-0.2, 0) is 9.53 Å². The molecule has 1 aromatic heterocycles. The first-order valence-corrected chi connectivity index (χ1v) is 10.6. The molecule has 1 atom stereocenters. The number of rotatable bonds is 6. The van der Waals surface area contributed by atoms with Crippen LogP contribution in [0, 0.1) is 20.8 Å². The fourth-order valence-electron chi connectivity index (χ4n) is 3.13. The number of ketones is 1. The summed E-state index contributed by atoms with van der Waals surface area (Å²) in [7, 11) is 0. The van der Waals surface area contributed by atoms with Gasteiger partial charge in [-0.3, -0.25) is 14.4 Å². The number of carbonyl (C=O) groups is 3. The highest BCUT2D eigenvalue weighted by molar-refractivity contribution is 7.21. The first-order valence-electron chi connectivity index (χ1n) is 9.45. The highest BCUT2D eigenvalue weighted by Gasteiger charge is 2.23. The molecule has 5 nitrogen and oxygen atoms in total. The smallest absolute Gasteiger partial charge is 0.326 e. The SMILES string of the molecule is Cc1cc(C)c(C(=O)C(C)OC(=O)CNC(=O)c2sc3ccccc3c2Cl)cc1C. The van der Waals surface area contributed by atoms with Crippen LogP contribution < -0.4 is 5.32 Å². The molecule has 0 aliphatic heterocycles. The van der Waals surface area contributed by atoms with Crippen LogP contribution in [0.25, 0.3) is 10.1 Å². The van der Waals surface area contributed by atoms with Gasteiger partial charge >= 0.3 is 5.97 Å². The molecular formula is C23H22ClNO4S. The molecular weight excluding hydrogens is 422 g/mol. The molecule has 0 saturated heterocycles. The molecule has 0 saturated carbocycles. The molecule has 1 N–H and O–H groups in total. The first-order chi connectivity index (χ1) is 14.2. The van der Waals surface area contributed by atoms with Crippen LogP contribution >= 0.6 is 22.9 Å². The van der Waals surface area contributed by atoms with Crippen LogP contribution in [-0.4, -0.2) is 30.3 Å². The summed E-state index contributed by atoms with van der Waals surface area (Å²) in [5.41, 5.74) is 3.45. The predicted molar refractivity (Wildman–Crippen MR) is 120 cm³/mol. The van der Waals surface area contributed by atoms with Crippen LogP contribution in [0.4, 0.5) is 0 Å². The van der Waals surface area contributed by atoms with Crippen LogP contribution in [0.3, 0.4) is 0 Å². The van der Waals surface area contributed by atoms with Crippen LogP contribution in [0.15, 0.2) is 36.4 Å². The number of nitrogens with one attached hydrogen (secondary N) is 1. The molecule has 0 aliphatic carbocycles. The van der Waals surface area contributed by atoms with Crippen molar-refractivity contribution in [3.63, 3.8) is 0 Å². The maximum absolute atomic E-state index is 12.7. The molecule has 7 heteroatoms. The highest BCUT2D eigenvalue weighted by Crippen LogP contribution is 2.34. The number of hydrogen-bond acceptors (Lipinski definition) is 5. The second-order valence-corrected chi connectivity index (χ2v) is 8.60. The van der Waals surface area contributed by atoms with Crippen molar-refractivity contribution in [1.29, 1.82) is 0 Å². The Morgan fingerprint density at radius 3 is 2.43 bits per heavy atom. The lowest BCUT2D eigenvalue weighted by Gasteiger charge is -2.15. The lowest BCUT2D eigenvalue weighted by Crippen LogP contribution is -2.34. The molecule has 0 spiro atoms. The van der Waals surface area contributed by atoms with Gasteiger partial charge in [-0.25, -0.2) is 0 Å². The lowest BCUT2D eigenvalue weighted by atomic mass is 9.96. The molecule has 1 unspecified atom stereocenters. The maximum atomic E-state index is 12.7. The molecule has 3 aromatic rings. The number of ether oxygens (including phenoxy) is 1. The van der Waals surface area contributed by atoms with Gasteiger partial charge in [0.2, 0.25) is 5.78 Å². The quantitative estimate of drug-likeness (QED) is 0.428. The number of hydrogen-bond donors (Lipinski definition) is 1. The van der Waals surface area contributed by atoms with Gasteiger partial charge in [-0.15, -0.1) is 11.3 Å². The van der Waals surface area contributed by atoms with E-state index in [1.165, 1.54) is 18.3 Å². The zero-order valence-electron chi connectivity index (χ0n) is 17.2. The van der Waals surface area contributed by atoms with Crippen LogP contribution in [0.5, 0.6) is 0 Å². The summed E-state index contributed by atoms with van der Waals surface area (Å²) in [6, 6.07) is 11.2. The minimum Gasteiger partial charge on any atom is -0.453 e. The summed E-state index contributed by atoms with van der Waals surface area (Å²) < 4.78 is 6.12. The van der Waals surface area contributed by atoms with E-state index in [-0.39, 0.29) is 12.3 Å². The monoisotopic (exact) mass is 443 g/mol. The Kier molecular flexibility index (Phi) is 6.58. The van der Waals surface area contributed by atoms with E-state index in [0.29, 0.717) is 15.5 Å². The third-order valence-electron chi connectivity index (χ3n) is 4.92. The van der Waals surface area contributed by atoms with Gasteiger partial charge in [-0.2, -0.15) is 0 Å². The first kappa shape index (κ1) is 22.0. The summed E-state index contributed by atoms with van der Waals surface area (Å²) in [6.07, 6.45) is -0.955. The van der Waals surface area contributed by atoms with Gasteiger partial charge in [0.05, 0.1) is 5.02 Å². The van der Waals surface area contributed by atoms with Crippen LogP contribution in [0.2, 0.25) is 5.02 Å². The van der Waals surface area contributed by atoms with Gasteiger partial charge in [0.15, 0.2) is 6.10 Å². The Labute approximate surface area is 184 Å². The van der Waals surface area contributed by atoms with E-state index in [9.17, 15) is 14.4 Å². The molecule has 1 heterocycles. The number of esters is 1. The van der Waals surface area contributed by atoms with E-state index in [4.69, 9.17) is 16.3 Å². The molecule has 0 fully saturated rings. The molecule has 156 valence electrons. The molecule has 2 aromatic carbocycles. The third-order valence-corrected chi connectivity index (χ3v) is 6.59. The number of halogens is 1. The van der Waals surface area contributed by atoms with E-state index >= 15 is 0 Å². The number of carbonyl (C=O) groups excluding carboxylic acids is 3. The van der Waals surface area contributed by atoms with Crippen molar-refractivity contribution in [1.82, 2.24) is 5.32 Å². The second kappa shape index (κ2) is 8.98. The molecule has 1 amide bonds. The molecule has 0 bridgehead atoms. The zero-order valence-corrected chi connectivity index (χ0v) is 18.7. The fraction of sp³-hybridized carbons (Fsp3) is 0.261. The van der Waals surface area contributed by atoms with Crippen molar-refractivity contribution in [3.8, 4) is 0 Å². The maximum Gasteiger partial charge on any atom is 0.326 e. The highest BCUT2D eigenvalue weighted by atomic mass is 35.5. The fourth-order valence-corrected chi connectivity index (χ4v) is 4.56. The topological polar surface area (TPSA) is 72.5 Å². The van der Waals surface area contributed by atoms with E-state index in [1.807, 2.05) is 57.2 Å². The Hall–Kier alpha value is -2.70. The number of benzene rings is 2. The average Bonchev–Trinajstić information content (AvgIpc) is 3.05. The van der Waals surface area contributed by atoms with Gasteiger partial charge in [0, 0.05) is 15.6 Å². The van der Waals surface area contributed by atoms with Gasteiger partial charge in [-0.1, -0.05) is 35.9 Å². The molecule has 30 heavy (non-hydrogen) atoms.